The maximum absolute atomic E-state index is 5.48. The van der Waals surface area contributed by atoms with E-state index in [4.69, 9.17) is 4.74 Å². The molecule has 0 aliphatic carbocycles. The zero-order chi connectivity index (χ0) is 9.94. The van der Waals surface area contributed by atoms with Crippen molar-refractivity contribution in [2.24, 2.45) is 5.92 Å². The van der Waals surface area contributed by atoms with Crippen LogP contribution in [0.2, 0.25) is 0 Å². The first kappa shape index (κ1) is 13.0. The predicted octanol–water partition coefficient (Wildman–Crippen LogP) is 4.02. The average Bonchev–Trinajstić information content (AvgIpc) is 2.14. The van der Waals surface area contributed by atoms with Crippen molar-refractivity contribution in [3.8, 4) is 0 Å². The largest absolute Gasteiger partial charge is 0.381 e. The Balaban J connectivity index is 3.41. The van der Waals surface area contributed by atoms with Crippen LogP contribution >= 0.6 is 0 Å². The van der Waals surface area contributed by atoms with E-state index in [9.17, 15) is 0 Å². The van der Waals surface area contributed by atoms with Gasteiger partial charge in [-0.3, -0.25) is 0 Å². The molecule has 0 amide bonds. The van der Waals surface area contributed by atoms with Crippen LogP contribution in [0.1, 0.15) is 59.3 Å². The molecule has 0 aliphatic heterocycles. The highest BCUT2D eigenvalue weighted by Gasteiger charge is 2.06. The maximum Gasteiger partial charge on any atom is 0.0494 e. The van der Waals surface area contributed by atoms with Gasteiger partial charge in [0.15, 0.2) is 0 Å². The summed E-state index contributed by atoms with van der Waals surface area (Å²) in [5, 5.41) is 0. The maximum atomic E-state index is 5.48. The molecule has 0 radical (unpaired) electrons. The van der Waals surface area contributed by atoms with Crippen LogP contribution < -0.4 is 0 Å². The Morgan fingerprint density at radius 3 is 2.23 bits per heavy atom. The van der Waals surface area contributed by atoms with E-state index in [1.807, 2.05) is 0 Å². The van der Waals surface area contributed by atoms with Crippen molar-refractivity contribution in [1.82, 2.24) is 0 Å². The number of rotatable bonds is 9. The lowest BCUT2D eigenvalue weighted by atomic mass is 9.97. The molecule has 0 aromatic carbocycles. The number of hydrogen-bond acceptors (Lipinski definition) is 1. The van der Waals surface area contributed by atoms with Gasteiger partial charge < -0.3 is 4.74 Å². The molecule has 0 saturated carbocycles. The molecule has 0 aliphatic rings. The third-order valence-electron chi connectivity index (χ3n) is 2.47. The molecule has 1 nitrogen and oxygen atoms in total. The van der Waals surface area contributed by atoms with Gasteiger partial charge in [0.2, 0.25) is 0 Å². The summed E-state index contributed by atoms with van der Waals surface area (Å²) in [6.45, 7) is 8.45. The minimum atomic E-state index is 0.816. The fraction of sp³-hybridized carbons (Fsp3) is 1.00. The van der Waals surface area contributed by atoms with Crippen LogP contribution in [0.4, 0.5) is 0 Å². The van der Waals surface area contributed by atoms with Gasteiger partial charge in [-0.2, -0.15) is 0 Å². The second-order valence-corrected chi connectivity index (χ2v) is 3.81. The summed E-state index contributed by atoms with van der Waals surface area (Å²) in [5.74, 6) is 0.816. The van der Waals surface area contributed by atoms with Crippen molar-refractivity contribution in [1.29, 1.82) is 0 Å². The van der Waals surface area contributed by atoms with E-state index in [0.717, 1.165) is 19.1 Å². The van der Waals surface area contributed by atoms with Gasteiger partial charge >= 0.3 is 0 Å². The van der Waals surface area contributed by atoms with Gasteiger partial charge in [0, 0.05) is 13.2 Å². The van der Waals surface area contributed by atoms with Gasteiger partial charge in [0.25, 0.3) is 0 Å². The van der Waals surface area contributed by atoms with E-state index in [-0.39, 0.29) is 0 Å². The molecule has 0 saturated heterocycles. The Morgan fingerprint density at radius 2 is 1.69 bits per heavy atom. The van der Waals surface area contributed by atoms with Gasteiger partial charge in [0.05, 0.1) is 0 Å². The molecule has 1 atom stereocenters. The van der Waals surface area contributed by atoms with Crippen molar-refractivity contribution in [2.75, 3.05) is 13.2 Å². The lowest BCUT2D eigenvalue weighted by Gasteiger charge is -2.15. The number of unbranched alkanes of at least 4 members (excludes halogenated alkanes) is 2. The Bertz CT molecular complexity index is 91.1. The van der Waals surface area contributed by atoms with Crippen LogP contribution in [0.3, 0.4) is 0 Å². The Hall–Kier alpha value is -0.0400. The highest BCUT2D eigenvalue weighted by molar-refractivity contribution is 4.58. The summed E-state index contributed by atoms with van der Waals surface area (Å²) < 4.78 is 5.48. The molecule has 0 fully saturated rings. The van der Waals surface area contributed by atoms with Gasteiger partial charge in [0.1, 0.15) is 0 Å². The molecule has 0 spiro atoms. The fourth-order valence-corrected chi connectivity index (χ4v) is 1.69. The summed E-state index contributed by atoms with van der Waals surface area (Å²) >= 11 is 0. The van der Waals surface area contributed by atoms with Crippen LogP contribution in [0, 0.1) is 5.92 Å². The van der Waals surface area contributed by atoms with E-state index in [1.54, 1.807) is 0 Å². The first-order valence-electron chi connectivity index (χ1n) is 5.92. The van der Waals surface area contributed by atoms with E-state index in [2.05, 4.69) is 20.8 Å². The third-order valence-corrected chi connectivity index (χ3v) is 2.47. The summed E-state index contributed by atoms with van der Waals surface area (Å²) in [6.07, 6.45) is 8.09. The van der Waals surface area contributed by atoms with Gasteiger partial charge in [-0.15, -0.1) is 0 Å². The molecule has 80 valence electrons. The van der Waals surface area contributed by atoms with Gasteiger partial charge in [-0.25, -0.2) is 0 Å². The quantitative estimate of drug-likeness (QED) is 0.494. The summed E-state index contributed by atoms with van der Waals surface area (Å²) in [5.41, 5.74) is 0. The Labute approximate surface area is 83.9 Å². The van der Waals surface area contributed by atoms with Gasteiger partial charge in [-0.05, 0) is 25.7 Å². The second kappa shape index (κ2) is 10.0. The molecular formula is C12H26O. The van der Waals surface area contributed by atoms with E-state index >= 15 is 0 Å². The number of hydrogen-bond donors (Lipinski definition) is 0. The molecule has 0 rings (SSSR count). The minimum absolute atomic E-state index is 0.816. The molecule has 0 bridgehead atoms. The van der Waals surface area contributed by atoms with Crippen molar-refractivity contribution in [2.45, 2.75) is 59.3 Å². The van der Waals surface area contributed by atoms with Gasteiger partial charge in [-0.1, -0.05) is 39.5 Å². The standard InChI is InChI=1S/C12H26O/c1-4-7-8-10-12(9-5-2)11-13-6-3/h12H,4-11H2,1-3H3. The third kappa shape index (κ3) is 8.29. The first-order valence-corrected chi connectivity index (χ1v) is 5.92. The van der Waals surface area contributed by atoms with Crippen molar-refractivity contribution < 1.29 is 4.74 Å². The fourth-order valence-electron chi connectivity index (χ4n) is 1.69. The van der Waals surface area contributed by atoms with Crippen molar-refractivity contribution in [3.05, 3.63) is 0 Å². The molecule has 0 aromatic rings. The SMILES string of the molecule is CCCCCC(CCC)COCC. The molecular weight excluding hydrogens is 160 g/mol. The van der Waals surface area contributed by atoms with E-state index in [1.165, 1.54) is 38.5 Å². The van der Waals surface area contributed by atoms with Crippen LogP contribution in [0.15, 0.2) is 0 Å². The monoisotopic (exact) mass is 186 g/mol. The molecule has 1 unspecified atom stereocenters. The topological polar surface area (TPSA) is 9.23 Å². The highest BCUT2D eigenvalue weighted by atomic mass is 16.5. The normalized spacial score (nSPS) is 13.2. The lowest BCUT2D eigenvalue weighted by Crippen LogP contribution is -2.09. The summed E-state index contributed by atoms with van der Waals surface area (Å²) in [7, 11) is 0. The van der Waals surface area contributed by atoms with Crippen LogP contribution in [-0.2, 0) is 4.74 Å². The van der Waals surface area contributed by atoms with Crippen LogP contribution in [0.5, 0.6) is 0 Å². The smallest absolute Gasteiger partial charge is 0.0494 e. The molecule has 0 N–H and O–H groups in total. The van der Waals surface area contributed by atoms with E-state index in [0.29, 0.717) is 0 Å². The summed E-state index contributed by atoms with van der Waals surface area (Å²) in [4.78, 5) is 0. The number of ether oxygens (including phenoxy) is 1. The van der Waals surface area contributed by atoms with Crippen molar-refractivity contribution >= 4 is 0 Å². The Morgan fingerprint density at radius 1 is 0.923 bits per heavy atom. The van der Waals surface area contributed by atoms with Crippen LogP contribution in [0.25, 0.3) is 0 Å². The first-order chi connectivity index (χ1) is 6.35. The average molecular weight is 186 g/mol. The highest BCUT2D eigenvalue weighted by Crippen LogP contribution is 2.15. The predicted molar refractivity (Wildman–Crippen MR) is 59.0 cm³/mol. The Kier molecular flexibility index (Phi) is 10.0. The van der Waals surface area contributed by atoms with E-state index < -0.39 is 0 Å². The zero-order valence-corrected chi connectivity index (χ0v) is 9.64. The summed E-state index contributed by atoms with van der Waals surface area (Å²) in [6, 6.07) is 0. The molecule has 1 heteroatoms. The van der Waals surface area contributed by atoms with Crippen molar-refractivity contribution in [3.63, 3.8) is 0 Å². The second-order valence-electron chi connectivity index (χ2n) is 3.81. The minimum Gasteiger partial charge on any atom is -0.381 e. The lowest BCUT2D eigenvalue weighted by molar-refractivity contribution is 0.102. The van der Waals surface area contributed by atoms with Crippen LogP contribution in [-0.4, -0.2) is 13.2 Å². The molecule has 0 aromatic heterocycles. The zero-order valence-electron chi connectivity index (χ0n) is 9.64. The molecule has 13 heavy (non-hydrogen) atoms. The molecule has 0 heterocycles.